The van der Waals surface area contributed by atoms with E-state index in [9.17, 15) is 14.7 Å². The van der Waals surface area contributed by atoms with Crippen molar-refractivity contribution in [2.75, 3.05) is 20.3 Å². The van der Waals surface area contributed by atoms with Crippen molar-refractivity contribution < 1.29 is 33.6 Å². The van der Waals surface area contributed by atoms with Gasteiger partial charge in [0.1, 0.15) is 13.2 Å². The Morgan fingerprint density at radius 2 is 1.85 bits per heavy atom. The van der Waals surface area contributed by atoms with E-state index in [1.165, 1.54) is 13.3 Å². The molecule has 1 aliphatic rings. The number of carbonyl (C=O) groups is 2. The van der Waals surface area contributed by atoms with Gasteiger partial charge in [-0.05, 0) is 82.9 Å². The van der Waals surface area contributed by atoms with Gasteiger partial charge in [-0.3, -0.25) is 5.43 Å². The zero-order valence-electron chi connectivity index (χ0n) is 24.8. The summed E-state index contributed by atoms with van der Waals surface area (Å²) in [6, 6.07) is 12.4. The Bertz CT molecular complexity index is 1650. The number of nitrogens with one attached hydrogen (secondary N) is 3. The Balaban J connectivity index is 1.37. The number of allylic oxidation sites excluding steroid dienone is 1. The lowest BCUT2D eigenvalue weighted by molar-refractivity contribution is -0.136. The maximum Gasteiger partial charge on any atom is 0.337 e. The highest BCUT2D eigenvalue weighted by atomic mass is 79.9. The molecule has 0 aliphatic carbocycles. The highest BCUT2D eigenvalue weighted by Gasteiger charge is 2.32. The van der Waals surface area contributed by atoms with Crippen LogP contribution >= 0.6 is 50.7 Å². The van der Waals surface area contributed by atoms with Gasteiger partial charge in [0, 0.05) is 5.70 Å². The first-order valence-electron chi connectivity index (χ1n) is 13.8. The second-order valence-electron chi connectivity index (χ2n) is 9.77. The molecule has 1 heterocycles. The van der Waals surface area contributed by atoms with E-state index in [2.05, 4.69) is 37.1 Å². The summed E-state index contributed by atoms with van der Waals surface area (Å²) in [4.78, 5) is 24.6. The number of hydrazone groups is 1. The molecule has 46 heavy (non-hydrogen) atoms. The summed E-state index contributed by atoms with van der Waals surface area (Å²) < 4.78 is 22.9. The molecule has 0 radical (unpaired) electrons. The SMILES string of the molecule is CCOc1cc([C@@H]2NC(=O)NC(C)=C2C(=O)OC)ccc1OC[C@H](O)N/N=C\c1cc(Cl)c(OCc2ccc(Cl)c(Cl)c2)c(Br)c1. The number of aliphatic hydroxyl groups is 1. The fraction of sp³-hybridized carbons (Fsp3) is 0.258. The molecule has 0 saturated heterocycles. The molecular weight excluding hydrogens is 727 g/mol. The molecule has 3 aromatic carbocycles. The van der Waals surface area contributed by atoms with Gasteiger partial charge in [-0.1, -0.05) is 46.9 Å². The molecule has 0 spiro atoms. The quantitative estimate of drug-likeness (QED) is 0.0671. The molecular formula is C31H30BrCl3N4O7. The van der Waals surface area contributed by atoms with Crippen LogP contribution in [-0.4, -0.2) is 49.9 Å². The van der Waals surface area contributed by atoms with Crippen LogP contribution in [0.1, 0.15) is 36.6 Å². The first-order chi connectivity index (χ1) is 22.0. The molecule has 2 amide bonds. The minimum atomic E-state index is -1.18. The average molecular weight is 757 g/mol. The van der Waals surface area contributed by atoms with Crippen LogP contribution in [0, 0.1) is 0 Å². The van der Waals surface area contributed by atoms with Gasteiger partial charge >= 0.3 is 12.0 Å². The third-order valence-electron chi connectivity index (χ3n) is 6.50. The maximum absolute atomic E-state index is 12.4. The van der Waals surface area contributed by atoms with Crippen molar-refractivity contribution in [3.8, 4) is 17.2 Å². The summed E-state index contributed by atoms with van der Waals surface area (Å²) in [6.45, 7) is 3.79. The van der Waals surface area contributed by atoms with Gasteiger partial charge in [-0.25, -0.2) is 9.59 Å². The highest BCUT2D eigenvalue weighted by molar-refractivity contribution is 9.10. The number of halogens is 4. The van der Waals surface area contributed by atoms with Crippen LogP contribution in [0.15, 0.2) is 69.4 Å². The average Bonchev–Trinajstić information content (AvgIpc) is 3.01. The monoisotopic (exact) mass is 754 g/mol. The van der Waals surface area contributed by atoms with Crippen molar-refractivity contribution in [1.29, 1.82) is 0 Å². The van der Waals surface area contributed by atoms with Crippen molar-refractivity contribution in [3.05, 3.63) is 96.0 Å². The largest absolute Gasteiger partial charge is 0.490 e. The summed E-state index contributed by atoms with van der Waals surface area (Å²) in [5.41, 5.74) is 5.26. The molecule has 1 aliphatic heterocycles. The molecule has 0 saturated carbocycles. The van der Waals surface area contributed by atoms with E-state index in [1.54, 1.807) is 62.4 Å². The lowest BCUT2D eigenvalue weighted by Gasteiger charge is -2.28. The van der Waals surface area contributed by atoms with Crippen LogP contribution in [0.3, 0.4) is 0 Å². The molecule has 0 fully saturated rings. The lowest BCUT2D eigenvalue weighted by Crippen LogP contribution is -2.45. The third-order valence-corrected chi connectivity index (χ3v) is 8.11. The second-order valence-corrected chi connectivity index (χ2v) is 11.8. The Hall–Kier alpha value is -3.68. The van der Waals surface area contributed by atoms with Crippen molar-refractivity contribution in [2.24, 2.45) is 5.10 Å². The van der Waals surface area contributed by atoms with Crippen LogP contribution in [0.25, 0.3) is 0 Å². The fourth-order valence-corrected chi connectivity index (χ4v) is 5.71. The van der Waals surface area contributed by atoms with Crippen LogP contribution < -0.4 is 30.3 Å². The zero-order valence-corrected chi connectivity index (χ0v) is 28.7. The summed E-state index contributed by atoms with van der Waals surface area (Å²) in [5, 5.41) is 21.1. The minimum Gasteiger partial charge on any atom is -0.490 e. The number of aliphatic hydroxyl groups excluding tert-OH is 1. The van der Waals surface area contributed by atoms with E-state index in [0.29, 0.717) is 60.2 Å². The van der Waals surface area contributed by atoms with Crippen molar-refractivity contribution >= 4 is 68.9 Å². The van der Waals surface area contributed by atoms with Crippen LogP contribution in [0.5, 0.6) is 17.2 Å². The van der Waals surface area contributed by atoms with Gasteiger partial charge < -0.3 is 34.7 Å². The number of methoxy groups -OCH3 is 1. The predicted octanol–water partition coefficient (Wildman–Crippen LogP) is 6.51. The standard InChI is InChI=1S/C31H30BrCl3N4O7/c1-4-44-25-12-19(28-27(30(41)43-3)16(2)37-31(42)38-28)6-8-24(25)45-15-26(40)39-36-13-18-9-20(32)29(23(35)11-18)46-14-17-5-7-21(33)22(34)10-17/h5-13,26,28,39-40H,4,14-15H2,1-3H3,(H2,37,38,42)/b36-13-/t26-,28-/m0/s1. The molecule has 4 rings (SSSR count). The van der Waals surface area contributed by atoms with Gasteiger partial charge in [-0.2, -0.15) is 5.10 Å². The lowest BCUT2D eigenvalue weighted by atomic mass is 9.95. The molecule has 15 heteroatoms. The topological polar surface area (TPSA) is 140 Å². The molecule has 244 valence electrons. The number of urea groups is 1. The Morgan fingerprint density at radius 1 is 1.07 bits per heavy atom. The summed E-state index contributed by atoms with van der Waals surface area (Å²) >= 11 is 22.0. The Labute approximate surface area is 288 Å². The molecule has 2 atom stereocenters. The number of hydrogen-bond donors (Lipinski definition) is 4. The van der Waals surface area contributed by atoms with E-state index in [4.69, 9.17) is 53.8 Å². The number of ether oxygens (including phenoxy) is 4. The molecule has 11 nitrogen and oxygen atoms in total. The minimum absolute atomic E-state index is 0.181. The summed E-state index contributed by atoms with van der Waals surface area (Å²) in [5.74, 6) is 0.550. The molecule has 3 aromatic rings. The zero-order chi connectivity index (χ0) is 33.4. The van der Waals surface area contributed by atoms with Gasteiger partial charge in [-0.15, -0.1) is 0 Å². The summed E-state index contributed by atoms with van der Waals surface area (Å²) in [7, 11) is 1.27. The second kappa shape index (κ2) is 16.2. The fourth-order valence-electron chi connectivity index (χ4n) is 4.40. The Kier molecular flexibility index (Phi) is 12.4. The number of benzene rings is 3. The predicted molar refractivity (Wildman–Crippen MR) is 179 cm³/mol. The van der Waals surface area contributed by atoms with E-state index >= 15 is 0 Å². The first-order valence-corrected chi connectivity index (χ1v) is 15.7. The smallest absolute Gasteiger partial charge is 0.337 e. The van der Waals surface area contributed by atoms with Crippen molar-refractivity contribution in [2.45, 2.75) is 32.7 Å². The van der Waals surface area contributed by atoms with Gasteiger partial charge in [0.25, 0.3) is 0 Å². The van der Waals surface area contributed by atoms with Gasteiger partial charge in [0.05, 0.1) is 51.1 Å². The maximum atomic E-state index is 12.4. The third kappa shape index (κ3) is 8.98. The Morgan fingerprint density at radius 3 is 2.54 bits per heavy atom. The normalized spacial score (nSPS) is 15.2. The number of carbonyl (C=O) groups excluding carboxylic acids is 2. The van der Waals surface area contributed by atoms with Crippen molar-refractivity contribution in [1.82, 2.24) is 16.1 Å². The van der Waals surface area contributed by atoms with Crippen LogP contribution in [-0.2, 0) is 16.1 Å². The number of rotatable bonds is 13. The number of nitrogens with zero attached hydrogens (tertiary/aromatic N) is 1. The van der Waals surface area contributed by atoms with E-state index in [-0.39, 0.29) is 18.8 Å². The highest BCUT2D eigenvalue weighted by Crippen LogP contribution is 2.36. The number of amides is 2. The molecule has 0 aromatic heterocycles. The number of esters is 1. The van der Waals surface area contributed by atoms with E-state index in [0.717, 1.165) is 5.56 Å². The van der Waals surface area contributed by atoms with Gasteiger partial charge in [0.2, 0.25) is 0 Å². The van der Waals surface area contributed by atoms with E-state index in [1.807, 2.05) is 0 Å². The first kappa shape index (κ1) is 35.2. The number of hydrogen-bond acceptors (Lipinski definition) is 9. The molecule has 0 bridgehead atoms. The van der Waals surface area contributed by atoms with Crippen molar-refractivity contribution in [3.63, 3.8) is 0 Å². The molecule has 0 unspecified atom stereocenters. The van der Waals surface area contributed by atoms with Crippen LogP contribution in [0.2, 0.25) is 15.1 Å². The van der Waals surface area contributed by atoms with E-state index < -0.39 is 24.3 Å². The molecule has 4 N–H and O–H groups in total. The van der Waals surface area contributed by atoms with Crippen LogP contribution in [0.4, 0.5) is 4.79 Å². The summed E-state index contributed by atoms with van der Waals surface area (Å²) in [6.07, 6.45) is 0.295. The van der Waals surface area contributed by atoms with Gasteiger partial charge in [0.15, 0.2) is 23.5 Å².